The zero-order chi connectivity index (χ0) is 14.2. The lowest BCUT2D eigenvalue weighted by Crippen LogP contribution is -2.39. The van der Waals surface area contributed by atoms with Crippen LogP contribution in [0.15, 0.2) is 30.3 Å². The molecule has 1 saturated heterocycles. The SMILES string of the molecule is O=C(c1ccccc1)C(CCCCCO)N1CCCC1. The Bertz CT molecular complexity index is 399. The van der Waals surface area contributed by atoms with E-state index in [1.165, 1.54) is 12.8 Å². The van der Waals surface area contributed by atoms with Gasteiger partial charge in [-0.1, -0.05) is 43.2 Å². The first kappa shape index (κ1) is 15.2. The van der Waals surface area contributed by atoms with Crippen LogP contribution in [0.3, 0.4) is 0 Å². The Morgan fingerprint density at radius 1 is 1.10 bits per heavy atom. The lowest BCUT2D eigenvalue weighted by molar-refractivity contribution is 0.0834. The lowest BCUT2D eigenvalue weighted by atomic mass is 9.97. The molecule has 1 aliphatic heterocycles. The molecule has 0 saturated carbocycles. The van der Waals surface area contributed by atoms with Crippen LogP contribution in [0.5, 0.6) is 0 Å². The van der Waals surface area contributed by atoms with Crippen LogP contribution >= 0.6 is 0 Å². The van der Waals surface area contributed by atoms with Gasteiger partial charge in [-0.2, -0.15) is 0 Å². The molecule has 1 N–H and O–H groups in total. The average molecular weight is 275 g/mol. The van der Waals surface area contributed by atoms with E-state index in [4.69, 9.17) is 5.11 Å². The zero-order valence-corrected chi connectivity index (χ0v) is 12.1. The van der Waals surface area contributed by atoms with E-state index in [1.54, 1.807) is 0 Å². The van der Waals surface area contributed by atoms with Crippen molar-refractivity contribution >= 4 is 5.78 Å². The number of rotatable bonds is 8. The Morgan fingerprint density at radius 2 is 1.80 bits per heavy atom. The summed E-state index contributed by atoms with van der Waals surface area (Å²) in [6, 6.07) is 9.67. The summed E-state index contributed by atoms with van der Waals surface area (Å²) in [7, 11) is 0. The van der Waals surface area contributed by atoms with Crippen LogP contribution < -0.4 is 0 Å². The van der Waals surface area contributed by atoms with Crippen molar-refractivity contribution in [2.75, 3.05) is 19.7 Å². The van der Waals surface area contributed by atoms with Gasteiger partial charge in [0.15, 0.2) is 5.78 Å². The average Bonchev–Trinajstić information content (AvgIpc) is 3.02. The fraction of sp³-hybridized carbons (Fsp3) is 0.588. The quantitative estimate of drug-likeness (QED) is 0.586. The van der Waals surface area contributed by atoms with E-state index >= 15 is 0 Å². The summed E-state index contributed by atoms with van der Waals surface area (Å²) >= 11 is 0. The normalized spacial score (nSPS) is 17.2. The molecule has 0 aliphatic carbocycles. The van der Waals surface area contributed by atoms with Crippen LogP contribution in [0.25, 0.3) is 0 Å². The fourth-order valence-electron chi connectivity index (χ4n) is 2.95. The maximum absolute atomic E-state index is 12.7. The van der Waals surface area contributed by atoms with Gasteiger partial charge in [0.05, 0.1) is 6.04 Å². The van der Waals surface area contributed by atoms with Crippen LogP contribution in [0, 0.1) is 0 Å². The minimum atomic E-state index is 0.0265. The standard InChI is InChI=1S/C17H25NO2/c19-14-8-2-5-11-16(18-12-6-7-13-18)17(20)15-9-3-1-4-10-15/h1,3-4,9-10,16,19H,2,5-8,11-14H2. The summed E-state index contributed by atoms with van der Waals surface area (Å²) in [4.78, 5) is 15.0. The van der Waals surface area contributed by atoms with Crippen LogP contribution in [-0.4, -0.2) is 41.5 Å². The first-order chi connectivity index (χ1) is 9.83. The second-order valence-corrected chi connectivity index (χ2v) is 5.56. The van der Waals surface area contributed by atoms with Gasteiger partial charge in [0.25, 0.3) is 0 Å². The highest BCUT2D eigenvalue weighted by Crippen LogP contribution is 2.20. The Labute approximate surface area is 121 Å². The van der Waals surface area contributed by atoms with Gasteiger partial charge in [-0.3, -0.25) is 9.69 Å². The van der Waals surface area contributed by atoms with Crippen molar-refractivity contribution in [3.63, 3.8) is 0 Å². The summed E-state index contributed by atoms with van der Waals surface area (Å²) in [5.74, 6) is 0.261. The monoisotopic (exact) mass is 275 g/mol. The summed E-state index contributed by atoms with van der Waals surface area (Å²) in [6.45, 7) is 2.34. The maximum Gasteiger partial charge on any atom is 0.179 e. The third kappa shape index (κ3) is 4.15. The predicted molar refractivity (Wildman–Crippen MR) is 80.9 cm³/mol. The van der Waals surface area contributed by atoms with Crippen LogP contribution in [0.2, 0.25) is 0 Å². The van der Waals surface area contributed by atoms with Crippen molar-refractivity contribution < 1.29 is 9.90 Å². The van der Waals surface area contributed by atoms with Gasteiger partial charge in [0, 0.05) is 12.2 Å². The van der Waals surface area contributed by atoms with E-state index in [0.29, 0.717) is 0 Å². The van der Waals surface area contributed by atoms with Crippen molar-refractivity contribution in [1.29, 1.82) is 0 Å². The molecule has 0 spiro atoms. The molecule has 0 radical (unpaired) electrons. The Hall–Kier alpha value is -1.19. The summed E-state index contributed by atoms with van der Waals surface area (Å²) in [5, 5.41) is 8.85. The molecule has 1 aliphatic rings. The molecule has 0 bridgehead atoms. The zero-order valence-electron chi connectivity index (χ0n) is 12.1. The van der Waals surface area contributed by atoms with Crippen LogP contribution in [0.1, 0.15) is 48.9 Å². The minimum absolute atomic E-state index is 0.0265. The molecule has 1 aromatic carbocycles. The maximum atomic E-state index is 12.7. The van der Waals surface area contributed by atoms with Crippen LogP contribution in [-0.2, 0) is 0 Å². The van der Waals surface area contributed by atoms with E-state index in [-0.39, 0.29) is 18.4 Å². The Balaban J connectivity index is 1.99. The highest BCUT2D eigenvalue weighted by atomic mass is 16.2. The molecule has 2 rings (SSSR count). The topological polar surface area (TPSA) is 40.5 Å². The van der Waals surface area contributed by atoms with Gasteiger partial charge >= 0.3 is 0 Å². The highest BCUT2D eigenvalue weighted by Gasteiger charge is 2.28. The Kier molecular flexibility index (Phi) is 6.22. The van der Waals surface area contributed by atoms with E-state index in [9.17, 15) is 4.79 Å². The number of aliphatic hydroxyl groups excluding tert-OH is 1. The van der Waals surface area contributed by atoms with Crippen LogP contribution in [0.4, 0.5) is 0 Å². The number of nitrogens with zero attached hydrogens (tertiary/aromatic N) is 1. The van der Waals surface area contributed by atoms with Crippen molar-refractivity contribution in [2.45, 2.75) is 44.6 Å². The summed E-state index contributed by atoms with van der Waals surface area (Å²) in [6.07, 6.45) is 6.17. The van der Waals surface area contributed by atoms with Gasteiger partial charge in [-0.25, -0.2) is 0 Å². The number of hydrogen-bond donors (Lipinski definition) is 1. The highest BCUT2D eigenvalue weighted by molar-refractivity contribution is 6.00. The smallest absolute Gasteiger partial charge is 0.179 e. The molecule has 1 fully saturated rings. The minimum Gasteiger partial charge on any atom is -0.396 e. The second-order valence-electron chi connectivity index (χ2n) is 5.56. The molecule has 1 atom stereocenters. The van der Waals surface area contributed by atoms with Gasteiger partial charge in [-0.05, 0) is 38.8 Å². The van der Waals surface area contributed by atoms with Crippen molar-refractivity contribution in [3.05, 3.63) is 35.9 Å². The van der Waals surface area contributed by atoms with E-state index in [2.05, 4.69) is 4.90 Å². The summed E-state index contributed by atoms with van der Waals surface area (Å²) < 4.78 is 0. The molecule has 3 heteroatoms. The number of carbonyl (C=O) groups is 1. The molecule has 3 nitrogen and oxygen atoms in total. The molecular weight excluding hydrogens is 250 g/mol. The number of benzene rings is 1. The van der Waals surface area contributed by atoms with Gasteiger partial charge in [-0.15, -0.1) is 0 Å². The van der Waals surface area contributed by atoms with E-state index in [0.717, 1.165) is 44.3 Å². The summed E-state index contributed by atoms with van der Waals surface area (Å²) in [5.41, 5.74) is 0.826. The largest absolute Gasteiger partial charge is 0.396 e. The number of carbonyl (C=O) groups excluding carboxylic acids is 1. The van der Waals surface area contributed by atoms with E-state index < -0.39 is 0 Å². The molecule has 1 aromatic rings. The molecule has 0 amide bonds. The lowest BCUT2D eigenvalue weighted by Gasteiger charge is -2.26. The van der Waals surface area contributed by atoms with Gasteiger partial charge in [0.2, 0.25) is 0 Å². The van der Waals surface area contributed by atoms with Crippen molar-refractivity contribution in [1.82, 2.24) is 4.90 Å². The number of Topliss-reactive ketones (excluding diaryl/α,β-unsaturated/α-hetero) is 1. The third-order valence-electron chi connectivity index (χ3n) is 4.08. The molecule has 0 aromatic heterocycles. The molecule has 110 valence electrons. The number of aliphatic hydroxyl groups is 1. The van der Waals surface area contributed by atoms with E-state index in [1.807, 2.05) is 30.3 Å². The number of likely N-dealkylation sites (tertiary alicyclic amines) is 1. The predicted octanol–water partition coefficient (Wildman–Crippen LogP) is 2.89. The third-order valence-corrected chi connectivity index (χ3v) is 4.08. The molecular formula is C17H25NO2. The van der Waals surface area contributed by atoms with Gasteiger partial charge in [0.1, 0.15) is 0 Å². The first-order valence-corrected chi connectivity index (χ1v) is 7.77. The van der Waals surface area contributed by atoms with Crippen molar-refractivity contribution in [3.8, 4) is 0 Å². The molecule has 1 heterocycles. The fourth-order valence-corrected chi connectivity index (χ4v) is 2.95. The number of hydrogen-bond acceptors (Lipinski definition) is 3. The molecule has 1 unspecified atom stereocenters. The molecule has 20 heavy (non-hydrogen) atoms. The first-order valence-electron chi connectivity index (χ1n) is 7.77. The van der Waals surface area contributed by atoms with Crippen molar-refractivity contribution in [2.24, 2.45) is 0 Å². The Morgan fingerprint density at radius 3 is 2.45 bits per heavy atom. The van der Waals surface area contributed by atoms with Gasteiger partial charge < -0.3 is 5.11 Å². The second kappa shape index (κ2) is 8.18. The number of ketones is 1. The number of unbranched alkanes of at least 4 members (excludes halogenated alkanes) is 2.